The molecule has 0 saturated heterocycles. The van der Waals surface area contributed by atoms with Crippen LogP contribution < -0.4 is 0 Å². The van der Waals surface area contributed by atoms with Gasteiger partial charge in [0.15, 0.2) is 0 Å². The van der Waals surface area contributed by atoms with E-state index in [1.165, 1.54) is 0 Å². The Morgan fingerprint density at radius 3 is 2.62 bits per heavy atom. The summed E-state index contributed by atoms with van der Waals surface area (Å²) in [6.45, 7) is 2.09. The van der Waals surface area contributed by atoms with E-state index in [9.17, 15) is 9.59 Å². The number of carboxylic acids is 1. The Morgan fingerprint density at radius 1 is 1.44 bits per heavy atom. The topological polar surface area (TPSA) is 87.4 Å². The lowest BCUT2D eigenvalue weighted by Crippen LogP contribution is -2.14. The van der Waals surface area contributed by atoms with E-state index in [-0.39, 0.29) is 25.4 Å². The van der Waals surface area contributed by atoms with E-state index in [1.54, 1.807) is 0 Å². The molecule has 16 heavy (non-hydrogen) atoms. The monoisotopic (exact) mass is 227 g/mol. The second-order valence-electron chi connectivity index (χ2n) is 3.55. The first-order valence-corrected chi connectivity index (χ1v) is 5.37. The molecule has 1 unspecified atom stereocenters. The molecule has 0 aliphatic heterocycles. The second kappa shape index (κ2) is 8.72. The van der Waals surface area contributed by atoms with E-state index < -0.39 is 11.9 Å². The van der Waals surface area contributed by atoms with Crippen LogP contribution in [0.25, 0.3) is 0 Å². The van der Waals surface area contributed by atoms with E-state index >= 15 is 0 Å². The summed E-state index contributed by atoms with van der Waals surface area (Å²) in [5.41, 5.74) is 0. The minimum absolute atomic E-state index is 0.0644. The Morgan fingerprint density at radius 2 is 2.12 bits per heavy atom. The summed E-state index contributed by atoms with van der Waals surface area (Å²) in [5, 5.41) is 17.1. The van der Waals surface area contributed by atoms with Gasteiger partial charge in [0, 0.05) is 0 Å². The Balaban J connectivity index is 3.71. The number of nitriles is 1. The maximum Gasteiger partial charge on any atom is 0.306 e. The molecule has 5 heteroatoms. The van der Waals surface area contributed by atoms with Gasteiger partial charge >= 0.3 is 11.9 Å². The van der Waals surface area contributed by atoms with E-state index in [4.69, 9.17) is 15.1 Å². The number of nitrogens with zero attached hydrogens (tertiary/aromatic N) is 1. The van der Waals surface area contributed by atoms with Crippen molar-refractivity contribution in [2.75, 3.05) is 6.61 Å². The van der Waals surface area contributed by atoms with Crippen LogP contribution in [0.3, 0.4) is 0 Å². The average molecular weight is 227 g/mol. The molecule has 1 N–H and O–H groups in total. The van der Waals surface area contributed by atoms with Gasteiger partial charge in [0.2, 0.25) is 0 Å². The molecular formula is C11H17NO4. The fourth-order valence-electron chi connectivity index (χ4n) is 1.11. The molecule has 0 rings (SSSR count). The molecule has 0 spiro atoms. The van der Waals surface area contributed by atoms with Gasteiger partial charge in [-0.05, 0) is 6.42 Å². The number of carboxylic acid groups (broad SMARTS) is 1. The van der Waals surface area contributed by atoms with Crippen LogP contribution in [0.2, 0.25) is 0 Å². The summed E-state index contributed by atoms with van der Waals surface area (Å²) in [4.78, 5) is 21.2. The van der Waals surface area contributed by atoms with Crippen molar-refractivity contribution in [2.24, 2.45) is 5.92 Å². The molecule has 0 fully saturated rings. The lowest BCUT2D eigenvalue weighted by molar-refractivity contribution is -0.148. The second-order valence-corrected chi connectivity index (χ2v) is 3.55. The van der Waals surface area contributed by atoms with Crippen molar-refractivity contribution in [1.29, 1.82) is 5.26 Å². The van der Waals surface area contributed by atoms with Crippen LogP contribution in [0.15, 0.2) is 0 Å². The van der Waals surface area contributed by atoms with Crippen LogP contribution in [-0.2, 0) is 14.3 Å². The van der Waals surface area contributed by atoms with Crippen LogP contribution in [0.4, 0.5) is 0 Å². The third kappa shape index (κ3) is 7.80. The Labute approximate surface area is 95.0 Å². The number of rotatable bonds is 8. The maximum atomic E-state index is 11.0. The van der Waals surface area contributed by atoms with Crippen molar-refractivity contribution in [3.8, 4) is 6.07 Å². The number of carbonyl (C=O) groups excluding carboxylic acids is 1. The van der Waals surface area contributed by atoms with Gasteiger partial charge < -0.3 is 9.84 Å². The number of unbranched alkanes of at least 4 members (excludes halogenated alkanes) is 1. The number of aliphatic carboxylic acids is 1. The van der Waals surface area contributed by atoms with Gasteiger partial charge in [0.05, 0.1) is 24.8 Å². The molecule has 5 nitrogen and oxygen atoms in total. The summed E-state index contributed by atoms with van der Waals surface area (Å²) in [6.07, 6.45) is 2.25. The number of ether oxygens (including phenoxy) is 1. The number of hydrogen-bond acceptors (Lipinski definition) is 4. The molecule has 0 bridgehead atoms. The molecule has 0 amide bonds. The van der Waals surface area contributed by atoms with E-state index in [0.29, 0.717) is 6.42 Å². The van der Waals surface area contributed by atoms with Gasteiger partial charge in [0.1, 0.15) is 6.61 Å². The summed E-state index contributed by atoms with van der Waals surface area (Å²) in [7, 11) is 0. The molecule has 0 aliphatic rings. The van der Waals surface area contributed by atoms with Crippen molar-refractivity contribution in [1.82, 2.24) is 0 Å². The molecule has 0 radical (unpaired) electrons. The molecule has 90 valence electrons. The minimum atomic E-state index is -1.03. The number of esters is 1. The summed E-state index contributed by atoms with van der Waals surface area (Å²) < 4.78 is 4.82. The van der Waals surface area contributed by atoms with Crippen LogP contribution >= 0.6 is 0 Å². The normalized spacial score (nSPS) is 11.5. The summed E-state index contributed by atoms with van der Waals surface area (Å²) >= 11 is 0. The molecule has 0 aromatic rings. The average Bonchev–Trinajstić information content (AvgIpc) is 2.26. The van der Waals surface area contributed by atoms with Crippen LogP contribution in [0.5, 0.6) is 0 Å². The number of carbonyl (C=O) groups is 2. The fraction of sp³-hybridized carbons (Fsp3) is 0.727. The molecule has 0 aromatic carbocycles. The Bertz CT molecular complexity index is 270. The van der Waals surface area contributed by atoms with E-state index in [1.807, 2.05) is 6.92 Å². The highest BCUT2D eigenvalue weighted by molar-refractivity contribution is 5.76. The lowest BCUT2D eigenvalue weighted by atomic mass is 10.1. The van der Waals surface area contributed by atoms with Crippen molar-refractivity contribution in [3.05, 3.63) is 0 Å². The Hall–Kier alpha value is -1.57. The van der Waals surface area contributed by atoms with Crippen molar-refractivity contribution < 1.29 is 19.4 Å². The zero-order valence-corrected chi connectivity index (χ0v) is 9.44. The molecular weight excluding hydrogens is 210 g/mol. The maximum absolute atomic E-state index is 11.0. The van der Waals surface area contributed by atoms with Crippen molar-refractivity contribution >= 4 is 11.9 Å². The smallest absolute Gasteiger partial charge is 0.306 e. The van der Waals surface area contributed by atoms with Gasteiger partial charge in [0.25, 0.3) is 0 Å². The lowest BCUT2D eigenvalue weighted by Gasteiger charge is -2.08. The quantitative estimate of drug-likeness (QED) is 0.638. The SMILES string of the molecule is CCCCC(C#N)COC(=O)CCC(=O)O. The minimum Gasteiger partial charge on any atom is -0.481 e. The van der Waals surface area contributed by atoms with Gasteiger partial charge in [-0.3, -0.25) is 9.59 Å². The van der Waals surface area contributed by atoms with Crippen LogP contribution in [-0.4, -0.2) is 23.7 Å². The van der Waals surface area contributed by atoms with Crippen LogP contribution in [0, 0.1) is 17.2 Å². The largest absolute Gasteiger partial charge is 0.481 e. The van der Waals surface area contributed by atoms with Crippen LogP contribution in [0.1, 0.15) is 39.0 Å². The third-order valence-electron chi connectivity index (χ3n) is 2.08. The molecule has 0 heterocycles. The molecule has 0 aromatic heterocycles. The number of hydrogen-bond donors (Lipinski definition) is 1. The van der Waals surface area contributed by atoms with Gasteiger partial charge in [-0.15, -0.1) is 0 Å². The van der Waals surface area contributed by atoms with Gasteiger partial charge in [-0.25, -0.2) is 0 Å². The first-order valence-electron chi connectivity index (χ1n) is 5.37. The van der Waals surface area contributed by atoms with E-state index in [0.717, 1.165) is 12.8 Å². The summed E-state index contributed by atoms with van der Waals surface area (Å²) in [6, 6.07) is 2.06. The van der Waals surface area contributed by atoms with Gasteiger partial charge in [-0.2, -0.15) is 5.26 Å². The Kier molecular flexibility index (Phi) is 7.86. The zero-order chi connectivity index (χ0) is 12.4. The highest BCUT2D eigenvalue weighted by Crippen LogP contribution is 2.08. The predicted octanol–water partition coefficient (Wildman–Crippen LogP) is 1.72. The first kappa shape index (κ1) is 14.4. The predicted molar refractivity (Wildman–Crippen MR) is 56.5 cm³/mol. The summed E-state index contributed by atoms with van der Waals surface area (Å²) in [5.74, 6) is -1.87. The zero-order valence-electron chi connectivity index (χ0n) is 9.44. The first-order chi connectivity index (χ1) is 7.60. The fourth-order valence-corrected chi connectivity index (χ4v) is 1.11. The highest BCUT2D eigenvalue weighted by Gasteiger charge is 2.11. The van der Waals surface area contributed by atoms with Crippen molar-refractivity contribution in [3.63, 3.8) is 0 Å². The molecule has 0 aliphatic carbocycles. The van der Waals surface area contributed by atoms with Gasteiger partial charge in [-0.1, -0.05) is 19.8 Å². The molecule has 0 saturated carbocycles. The standard InChI is InChI=1S/C11H17NO4/c1-2-3-4-9(7-12)8-16-11(15)6-5-10(13)14/h9H,2-6,8H2,1H3,(H,13,14). The van der Waals surface area contributed by atoms with Crippen molar-refractivity contribution in [2.45, 2.75) is 39.0 Å². The van der Waals surface area contributed by atoms with E-state index in [2.05, 4.69) is 6.07 Å². The molecule has 1 atom stereocenters. The highest BCUT2D eigenvalue weighted by atomic mass is 16.5. The third-order valence-corrected chi connectivity index (χ3v) is 2.08.